The highest BCUT2D eigenvalue weighted by atomic mass is 28.4. The average Bonchev–Trinajstić information content (AvgIpc) is 1.94. The molecule has 108 valence electrons. The molecule has 18 heavy (non-hydrogen) atoms. The zero-order valence-corrected chi connectivity index (χ0v) is 14.5. The monoisotopic (exact) mass is 274 g/mol. The Balaban J connectivity index is 5.83. The van der Waals surface area contributed by atoms with Crippen LogP contribution in [0, 0.1) is 0 Å². The molecule has 4 heteroatoms. The predicted molar refractivity (Wildman–Crippen MR) is 78.5 cm³/mol. The molecule has 0 heterocycles. The lowest BCUT2D eigenvalue weighted by Crippen LogP contribution is -2.61. The quantitative estimate of drug-likeness (QED) is 0.774. The maximum Gasteiger partial charge on any atom is 0.328 e. The molecule has 3 nitrogen and oxygen atoms in total. The Kier molecular flexibility index (Phi) is 4.87. The van der Waals surface area contributed by atoms with Gasteiger partial charge in [0.2, 0.25) is 8.32 Å². The fourth-order valence-corrected chi connectivity index (χ4v) is 12.6. The van der Waals surface area contributed by atoms with Crippen molar-refractivity contribution in [1.29, 1.82) is 0 Å². The second-order valence-corrected chi connectivity index (χ2v) is 14.3. The summed E-state index contributed by atoms with van der Waals surface area (Å²) in [6, 6.07) is 0. The maximum atomic E-state index is 10.9. The third-order valence-electron chi connectivity index (χ3n) is 3.58. The Hall–Kier alpha value is -0.353. The Morgan fingerprint density at radius 2 is 1.17 bits per heavy atom. The van der Waals surface area contributed by atoms with Crippen molar-refractivity contribution in [2.75, 3.05) is 6.61 Å². The molecule has 0 saturated carbocycles. The molecule has 0 rings (SSSR count). The first-order valence-electron chi connectivity index (χ1n) is 6.52. The van der Waals surface area contributed by atoms with Crippen LogP contribution in [0.15, 0.2) is 0 Å². The van der Waals surface area contributed by atoms with E-state index < -0.39 is 14.3 Å². The second kappa shape index (κ2) is 4.97. The number of carbonyl (C=O) groups is 1. The number of hydrogen-bond donors (Lipinski definition) is 1. The molecule has 0 saturated heterocycles. The molecule has 0 aliphatic heterocycles. The zero-order chi connectivity index (χ0) is 15.0. The van der Waals surface area contributed by atoms with Crippen LogP contribution in [0.1, 0.15) is 62.3 Å². The Morgan fingerprint density at radius 1 is 0.889 bits per heavy atom. The van der Waals surface area contributed by atoms with Gasteiger partial charge in [0.1, 0.15) is 6.61 Å². The standard InChI is InChI=1S/C14H30O3Si/c1-12(2,3)18(13(4,5)6,14(7,8)9)17-10-11(15)16/h10H2,1-9H3,(H,15,16). The minimum absolute atomic E-state index is 0.0288. The summed E-state index contributed by atoms with van der Waals surface area (Å²) >= 11 is 0. The van der Waals surface area contributed by atoms with E-state index in [-0.39, 0.29) is 21.7 Å². The van der Waals surface area contributed by atoms with E-state index >= 15 is 0 Å². The highest BCUT2D eigenvalue weighted by molar-refractivity contribution is 6.82. The molecular formula is C14H30O3Si. The fourth-order valence-electron chi connectivity index (χ4n) is 4.19. The summed E-state index contributed by atoms with van der Waals surface area (Å²) in [5.41, 5.74) is 0. The van der Waals surface area contributed by atoms with Crippen molar-refractivity contribution in [2.45, 2.75) is 77.4 Å². The molecule has 1 N–H and O–H groups in total. The minimum Gasteiger partial charge on any atom is -0.480 e. The van der Waals surface area contributed by atoms with Crippen LogP contribution < -0.4 is 0 Å². The largest absolute Gasteiger partial charge is 0.480 e. The molecule has 0 aromatic carbocycles. The SMILES string of the molecule is CC(C)(C)[Si](OCC(=O)O)(C(C)(C)C)C(C)(C)C. The molecule has 0 aliphatic rings. The normalized spacial score (nSPS) is 14.7. The lowest BCUT2D eigenvalue weighted by molar-refractivity contribution is -0.139. The van der Waals surface area contributed by atoms with E-state index in [2.05, 4.69) is 62.3 Å². The van der Waals surface area contributed by atoms with Crippen molar-refractivity contribution in [1.82, 2.24) is 0 Å². The topological polar surface area (TPSA) is 46.5 Å². The molecule has 0 amide bonds. The molecule has 0 fully saturated rings. The lowest BCUT2D eigenvalue weighted by Gasteiger charge is -2.57. The van der Waals surface area contributed by atoms with Gasteiger partial charge in [0.15, 0.2) is 0 Å². The van der Waals surface area contributed by atoms with E-state index in [0.29, 0.717) is 0 Å². The van der Waals surface area contributed by atoms with Crippen molar-refractivity contribution in [3.63, 3.8) is 0 Å². The highest BCUT2D eigenvalue weighted by Crippen LogP contribution is 2.62. The molecule has 0 aromatic heterocycles. The van der Waals surface area contributed by atoms with Crippen LogP contribution in [0.25, 0.3) is 0 Å². The van der Waals surface area contributed by atoms with Crippen LogP contribution in [-0.2, 0) is 9.22 Å². The summed E-state index contributed by atoms with van der Waals surface area (Å²) in [6.45, 7) is 19.4. The number of rotatable bonds is 3. The van der Waals surface area contributed by atoms with E-state index in [1.165, 1.54) is 0 Å². The predicted octanol–water partition coefficient (Wildman–Crippen LogP) is 4.43. The molecule has 0 spiro atoms. The molecule has 0 aromatic rings. The minimum atomic E-state index is -2.34. The van der Waals surface area contributed by atoms with Crippen LogP contribution in [0.2, 0.25) is 15.1 Å². The van der Waals surface area contributed by atoms with E-state index in [0.717, 1.165) is 0 Å². The Bertz CT molecular complexity index is 266. The van der Waals surface area contributed by atoms with Gasteiger partial charge in [-0.3, -0.25) is 0 Å². The molecule has 0 unspecified atom stereocenters. The van der Waals surface area contributed by atoms with Gasteiger partial charge in [0.25, 0.3) is 0 Å². The van der Waals surface area contributed by atoms with Crippen molar-refractivity contribution in [3.05, 3.63) is 0 Å². The van der Waals surface area contributed by atoms with Gasteiger partial charge in [-0.2, -0.15) is 0 Å². The summed E-state index contributed by atoms with van der Waals surface area (Å²) in [5.74, 6) is -0.885. The summed E-state index contributed by atoms with van der Waals surface area (Å²) in [6.07, 6.45) is 0. The number of carboxylic acids is 1. The smallest absolute Gasteiger partial charge is 0.328 e. The van der Waals surface area contributed by atoms with Gasteiger partial charge in [-0.05, 0) is 15.1 Å². The maximum absolute atomic E-state index is 10.9. The summed E-state index contributed by atoms with van der Waals surface area (Å²) in [5, 5.41) is 8.88. The fraction of sp³-hybridized carbons (Fsp3) is 0.929. The first kappa shape index (κ1) is 17.6. The average molecular weight is 274 g/mol. The lowest BCUT2D eigenvalue weighted by atomic mass is 10.2. The third kappa shape index (κ3) is 3.15. The molecule has 0 atom stereocenters. The summed E-state index contributed by atoms with van der Waals surface area (Å²) in [7, 11) is -2.34. The van der Waals surface area contributed by atoms with Gasteiger partial charge in [0, 0.05) is 0 Å². The van der Waals surface area contributed by atoms with Gasteiger partial charge in [-0.1, -0.05) is 62.3 Å². The molecule has 0 bridgehead atoms. The highest BCUT2D eigenvalue weighted by Gasteiger charge is 2.62. The van der Waals surface area contributed by atoms with Crippen LogP contribution in [0.5, 0.6) is 0 Å². The summed E-state index contributed by atoms with van der Waals surface area (Å²) < 4.78 is 6.12. The van der Waals surface area contributed by atoms with Gasteiger partial charge >= 0.3 is 5.97 Å². The molecule has 0 aliphatic carbocycles. The van der Waals surface area contributed by atoms with Crippen molar-refractivity contribution < 1.29 is 14.3 Å². The van der Waals surface area contributed by atoms with Gasteiger partial charge in [-0.15, -0.1) is 0 Å². The Labute approximate surface area is 113 Å². The molecular weight excluding hydrogens is 244 g/mol. The van der Waals surface area contributed by atoms with Gasteiger partial charge in [0.05, 0.1) is 0 Å². The van der Waals surface area contributed by atoms with Crippen molar-refractivity contribution in [3.8, 4) is 0 Å². The van der Waals surface area contributed by atoms with Crippen molar-refractivity contribution >= 4 is 14.3 Å². The van der Waals surface area contributed by atoms with Gasteiger partial charge < -0.3 is 9.53 Å². The second-order valence-electron chi connectivity index (χ2n) is 8.11. The van der Waals surface area contributed by atoms with Crippen LogP contribution in [0.4, 0.5) is 0 Å². The number of hydrogen-bond acceptors (Lipinski definition) is 2. The Morgan fingerprint density at radius 3 is 1.33 bits per heavy atom. The van der Waals surface area contributed by atoms with Crippen LogP contribution in [-0.4, -0.2) is 26.0 Å². The summed E-state index contributed by atoms with van der Waals surface area (Å²) in [4.78, 5) is 10.9. The zero-order valence-electron chi connectivity index (χ0n) is 13.5. The third-order valence-corrected chi connectivity index (χ3v) is 10.5. The number of aliphatic carboxylic acids is 1. The van der Waals surface area contributed by atoms with Crippen molar-refractivity contribution in [2.24, 2.45) is 0 Å². The van der Waals surface area contributed by atoms with E-state index in [4.69, 9.17) is 9.53 Å². The van der Waals surface area contributed by atoms with E-state index in [9.17, 15) is 4.79 Å². The van der Waals surface area contributed by atoms with Crippen LogP contribution >= 0.6 is 0 Å². The van der Waals surface area contributed by atoms with Crippen LogP contribution in [0.3, 0.4) is 0 Å². The molecule has 0 radical (unpaired) electrons. The van der Waals surface area contributed by atoms with Gasteiger partial charge in [-0.25, -0.2) is 4.79 Å². The first-order valence-corrected chi connectivity index (χ1v) is 8.43. The van der Waals surface area contributed by atoms with E-state index in [1.807, 2.05) is 0 Å². The number of carboxylic acid groups (broad SMARTS) is 1. The van der Waals surface area contributed by atoms with E-state index in [1.54, 1.807) is 0 Å². The first-order chi connectivity index (χ1) is 7.67.